The van der Waals surface area contributed by atoms with Crippen LogP contribution in [0.3, 0.4) is 0 Å². The van der Waals surface area contributed by atoms with Gasteiger partial charge in [-0.3, -0.25) is 9.89 Å². The first-order valence-corrected chi connectivity index (χ1v) is 9.70. The van der Waals surface area contributed by atoms with E-state index >= 15 is 0 Å². The quantitative estimate of drug-likeness (QED) is 0.170. The minimum absolute atomic E-state index is 0. The molecular formula is C19H35ClIN5. The van der Waals surface area contributed by atoms with Crippen LogP contribution in [0.25, 0.3) is 0 Å². The van der Waals surface area contributed by atoms with Gasteiger partial charge in [-0.15, -0.1) is 24.0 Å². The van der Waals surface area contributed by atoms with Crippen molar-refractivity contribution in [3.63, 3.8) is 0 Å². The van der Waals surface area contributed by atoms with Crippen LogP contribution in [-0.4, -0.2) is 54.1 Å². The van der Waals surface area contributed by atoms with Crippen molar-refractivity contribution in [1.29, 1.82) is 0 Å². The summed E-state index contributed by atoms with van der Waals surface area (Å²) in [7, 11) is 0. The summed E-state index contributed by atoms with van der Waals surface area (Å²) < 4.78 is 0. The summed E-state index contributed by atoms with van der Waals surface area (Å²) in [6.07, 6.45) is 3.78. The summed E-state index contributed by atoms with van der Waals surface area (Å²) in [5, 5.41) is 7.21. The molecule has 26 heavy (non-hydrogen) atoms. The molecule has 1 aromatic heterocycles. The predicted octanol–water partition coefficient (Wildman–Crippen LogP) is 3.96. The molecule has 0 aliphatic rings. The third-order valence-electron chi connectivity index (χ3n) is 4.01. The van der Waals surface area contributed by atoms with Crippen LogP contribution in [0.15, 0.2) is 23.3 Å². The molecule has 0 unspecified atom stereocenters. The second kappa shape index (κ2) is 14.5. The number of halogens is 2. The van der Waals surface area contributed by atoms with Crippen molar-refractivity contribution in [2.24, 2.45) is 4.99 Å². The lowest BCUT2D eigenvalue weighted by Gasteiger charge is -2.30. The summed E-state index contributed by atoms with van der Waals surface area (Å²) in [6.45, 7) is 14.7. The van der Waals surface area contributed by atoms with Gasteiger partial charge in [-0.25, -0.2) is 4.98 Å². The van der Waals surface area contributed by atoms with Gasteiger partial charge in [0.1, 0.15) is 5.15 Å². The van der Waals surface area contributed by atoms with E-state index < -0.39 is 0 Å². The van der Waals surface area contributed by atoms with Gasteiger partial charge in [-0.1, -0.05) is 17.7 Å². The zero-order valence-corrected chi connectivity index (χ0v) is 19.8. The molecule has 5 nitrogen and oxygen atoms in total. The molecule has 1 aromatic rings. The molecule has 0 spiro atoms. The SMILES string of the molecule is CCNC(=NCCCN(C(C)C)C(C)C)NCCc1ccc(Cl)nc1.I. The molecular weight excluding hydrogens is 461 g/mol. The Morgan fingerprint density at radius 2 is 1.88 bits per heavy atom. The van der Waals surface area contributed by atoms with Crippen LogP contribution >= 0.6 is 35.6 Å². The Labute approximate surface area is 181 Å². The minimum atomic E-state index is 0. The van der Waals surface area contributed by atoms with E-state index in [-0.39, 0.29) is 24.0 Å². The Bertz CT molecular complexity index is 497. The molecule has 0 saturated heterocycles. The number of nitrogens with one attached hydrogen (secondary N) is 2. The van der Waals surface area contributed by atoms with Crippen molar-refractivity contribution >= 4 is 41.5 Å². The number of pyridine rings is 1. The number of hydrogen-bond acceptors (Lipinski definition) is 3. The van der Waals surface area contributed by atoms with Gasteiger partial charge in [0.25, 0.3) is 0 Å². The van der Waals surface area contributed by atoms with Gasteiger partial charge >= 0.3 is 0 Å². The first kappa shape index (κ1) is 25.4. The van der Waals surface area contributed by atoms with Crippen molar-refractivity contribution in [3.8, 4) is 0 Å². The molecule has 0 aliphatic carbocycles. The lowest BCUT2D eigenvalue weighted by Crippen LogP contribution is -2.39. The first-order valence-electron chi connectivity index (χ1n) is 9.32. The Morgan fingerprint density at radius 3 is 2.42 bits per heavy atom. The van der Waals surface area contributed by atoms with E-state index in [1.807, 2.05) is 18.3 Å². The third-order valence-corrected chi connectivity index (χ3v) is 4.23. The van der Waals surface area contributed by atoms with Crippen LogP contribution in [0.1, 0.15) is 46.6 Å². The van der Waals surface area contributed by atoms with E-state index in [1.165, 1.54) is 0 Å². The van der Waals surface area contributed by atoms with Crippen molar-refractivity contribution in [2.75, 3.05) is 26.2 Å². The summed E-state index contributed by atoms with van der Waals surface area (Å²) in [5.41, 5.74) is 1.16. The van der Waals surface area contributed by atoms with Gasteiger partial charge < -0.3 is 10.6 Å². The van der Waals surface area contributed by atoms with Gasteiger partial charge in [0.15, 0.2) is 5.96 Å². The Morgan fingerprint density at radius 1 is 1.19 bits per heavy atom. The molecule has 0 fully saturated rings. The molecule has 1 heterocycles. The van der Waals surface area contributed by atoms with Crippen LogP contribution in [0, 0.1) is 0 Å². The smallest absolute Gasteiger partial charge is 0.191 e. The molecule has 0 atom stereocenters. The average Bonchev–Trinajstić information content (AvgIpc) is 2.55. The molecule has 2 N–H and O–H groups in total. The zero-order valence-electron chi connectivity index (χ0n) is 16.8. The van der Waals surface area contributed by atoms with Crippen LogP contribution < -0.4 is 10.6 Å². The van der Waals surface area contributed by atoms with E-state index in [0.717, 1.165) is 50.5 Å². The molecule has 150 valence electrons. The maximum Gasteiger partial charge on any atom is 0.191 e. The van der Waals surface area contributed by atoms with E-state index in [1.54, 1.807) is 0 Å². The topological polar surface area (TPSA) is 52.6 Å². The van der Waals surface area contributed by atoms with Gasteiger partial charge in [0.05, 0.1) is 0 Å². The number of aliphatic imine (C=N–C) groups is 1. The fraction of sp³-hybridized carbons (Fsp3) is 0.684. The highest BCUT2D eigenvalue weighted by Gasteiger charge is 2.12. The van der Waals surface area contributed by atoms with Crippen molar-refractivity contribution < 1.29 is 0 Å². The third kappa shape index (κ3) is 10.5. The summed E-state index contributed by atoms with van der Waals surface area (Å²) in [6, 6.07) is 4.98. The van der Waals surface area contributed by atoms with E-state index in [2.05, 4.69) is 60.1 Å². The summed E-state index contributed by atoms with van der Waals surface area (Å²) in [5.74, 6) is 0.880. The molecule has 0 aromatic carbocycles. The number of hydrogen-bond donors (Lipinski definition) is 2. The van der Waals surface area contributed by atoms with Crippen molar-refractivity contribution in [2.45, 2.75) is 59.5 Å². The molecule has 0 bridgehead atoms. The van der Waals surface area contributed by atoms with Gasteiger partial charge in [0, 0.05) is 44.5 Å². The van der Waals surface area contributed by atoms with Crippen LogP contribution in [0.2, 0.25) is 5.15 Å². The lowest BCUT2D eigenvalue weighted by molar-refractivity contribution is 0.174. The normalized spacial score (nSPS) is 11.8. The van der Waals surface area contributed by atoms with Gasteiger partial charge in [-0.2, -0.15) is 0 Å². The minimum Gasteiger partial charge on any atom is -0.357 e. The highest BCUT2D eigenvalue weighted by molar-refractivity contribution is 14.0. The van der Waals surface area contributed by atoms with E-state index in [4.69, 9.17) is 11.6 Å². The second-order valence-electron chi connectivity index (χ2n) is 6.71. The Kier molecular flexibility index (Phi) is 14.1. The Hall–Kier alpha value is -0.600. The van der Waals surface area contributed by atoms with Crippen LogP contribution in [-0.2, 0) is 6.42 Å². The summed E-state index contributed by atoms with van der Waals surface area (Å²) >= 11 is 5.81. The fourth-order valence-electron chi connectivity index (χ4n) is 2.78. The van der Waals surface area contributed by atoms with Gasteiger partial charge in [-0.05, 0) is 59.1 Å². The molecule has 0 radical (unpaired) electrons. The van der Waals surface area contributed by atoms with E-state index in [0.29, 0.717) is 17.2 Å². The zero-order chi connectivity index (χ0) is 18.7. The monoisotopic (exact) mass is 495 g/mol. The molecule has 1 rings (SSSR count). The molecule has 7 heteroatoms. The van der Waals surface area contributed by atoms with Crippen LogP contribution in [0.5, 0.6) is 0 Å². The largest absolute Gasteiger partial charge is 0.357 e. The lowest BCUT2D eigenvalue weighted by atomic mass is 10.2. The fourth-order valence-corrected chi connectivity index (χ4v) is 2.89. The second-order valence-corrected chi connectivity index (χ2v) is 7.09. The molecule has 0 saturated carbocycles. The molecule has 0 amide bonds. The number of aromatic nitrogens is 1. The van der Waals surface area contributed by atoms with Crippen LogP contribution in [0.4, 0.5) is 0 Å². The highest BCUT2D eigenvalue weighted by atomic mass is 127. The predicted molar refractivity (Wildman–Crippen MR) is 124 cm³/mol. The number of rotatable bonds is 10. The van der Waals surface area contributed by atoms with Crippen molar-refractivity contribution in [3.05, 3.63) is 29.0 Å². The number of nitrogens with zero attached hydrogens (tertiary/aromatic N) is 3. The summed E-state index contributed by atoms with van der Waals surface area (Å²) in [4.78, 5) is 11.3. The van der Waals surface area contributed by atoms with Gasteiger partial charge in [0.2, 0.25) is 0 Å². The Balaban J connectivity index is 0.00000625. The average molecular weight is 496 g/mol. The highest BCUT2D eigenvalue weighted by Crippen LogP contribution is 2.06. The van der Waals surface area contributed by atoms with E-state index in [9.17, 15) is 0 Å². The number of guanidine groups is 1. The van der Waals surface area contributed by atoms with Crippen molar-refractivity contribution in [1.82, 2.24) is 20.5 Å². The maximum atomic E-state index is 5.81. The first-order chi connectivity index (χ1) is 11.9. The standard InChI is InChI=1S/C19H34ClN5.HI/c1-6-21-19(22-11-7-13-25(15(2)3)16(4)5)23-12-10-17-8-9-18(20)24-14-17;/h8-9,14-16H,6-7,10-13H2,1-5H3,(H2,21,22,23);1H. The molecule has 0 aliphatic heterocycles. The maximum absolute atomic E-state index is 5.81.